The van der Waals surface area contributed by atoms with Crippen molar-refractivity contribution in [2.24, 2.45) is 5.73 Å². The van der Waals surface area contributed by atoms with E-state index in [1.165, 1.54) is 11.3 Å². The Morgan fingerprint density at radius 2 is 2.29 bits per heavy atom. The summed E-state index contributed by atoms with van der Waals surface area (Å²) in [6.45, 7) is 1.81. The van der Waals surface area contributed by atoms with E-state index in [2.05, 4.69) is 5.32 Å². The summed E-state index contributed by atoms with van der Waals surface area (Å²) >= 11 is 1.42. The fourth-order valence-electron chi connectivity index (χ4n) is 1.35. The fraction of sp³-hybridized carbons (Fsp3) is 0.455. The minimum Gasteiger partial charge on any atom is -0.481 e. The number of nitrogens with one attached hydrogen (secondary N) is 1. The van der Waals surface area contributed by atoms with Crippen LogP contribution in [0, 0.1) is 0 Å². The number of carboxylic acids is 1. The summed E-state index contributed by atoms with van der Waals surface area (Å²) in [5.74, 6) is -1.26. The molecule has 5 nitrogen and oxygen atoms in total. The molecule has 4 N–H and O–H groups in total. The molecule has 0 spiro atoms. The highest BCUT2D eigenvalue weighted by molar-refractivity contribution is 7.10. The van der Waals surface area contributed by atoms with Crippen LogP contribution in [0.1, 0.15) is 30.7 Å². The molecule has 1 aromatic heterocycles. The van der Waals surface area contributed by atoms with Gasteiger partial charge in [0.1, 0.15) is 0 Å². The highest BCUT2D eigenvalue weighted by Crippen LogP contribution is 2.22. The van der Waals surface area contributed by atoms with E-state index in [4.69, 9.17) is 10.8 Å². The quantitative estimate of drug-likeness (QED) is 0.711. The van der Waals surface area contributed by atoms with Gasteiger partial charge in [0.2, 0.25) is 5.91 Å². The number of amides is 1. The molecular weight excluding hydrogens is 240 g/mol. The maximum atomic E-state index is 11.6. The first-order chi connectivity index (χ1) is 8.04. The SMILES string of the molecule is CCC(N)C(=O)NC(CC(=O)O)c1cccs1. The highest BCUT2D eigenvalue weighted by atomic mass is 32.1. The first-order valence-electron chi connectivity index (χ1n) is 5.35. The lowest BCUT2D eigenvalue weighted by Gasteiger charge is -2.18. The Bertz CT molecular complexity index is 378. The van der Waals surface area contributed by atoms with Crippen LogP contribution >= 0.6 is 11.3 Å². The average Bonchev–Trinajstić information content (AvgIpc) is 2.79. The standard InChI is InChI=1S/C11H16N2O3S/c1-2-7(12)11(16)13-8(6-10(14)15)9-4-3-5-17-9/h3-5,7-8H,2,6,12H2,1H3,(H,13,16)(H,14,15). The van der Waals surface area contributed by atoms with E-state index in [-0.39, 0.29) is 12.3 Å². The third kappa shape index (κ3) is 4.16. The number of carbonyl (C=O) groups excluding carboxylic acids is 1. The van der Waals surface area contributed by atoms with Gasteiger partial charge in [-0.2, -0.15) is 0 Å². The second-order valence-electron chi connectivity index (χ2n) is 3.69. The number of carboxylic acid groups (broad SMARTS) is 1. The molecule has 0 saturated carbocycles. The smallest absolute Gasteiger partial charge is 0.305 e. The molecule has 2 atom stereocenters. The van der Waals surface area contributed by atoms with E-state index in [1.807, 2.05) is 18.4 Å². The molecule has 0 bridgehead atoms. The first kappa shape index (κ1) is 13.7. The summed E-state index contributed by atoms with van der Waals surface area (Å²) in [5.41, 5.74) is 5.59. The van der Waals surface area contributed by atoms with Crippen molar-refractivity contribution in [3.8, 4) is 0 Å². The molecule has 0 radical (unpaired) electrons. The van der Waals surface area contributed by atoms with Crippen molar-refractivity contribution >= 4 is 23.2 Å². The molecular formula is C11H16N2O3S. The Kier molecular flexibility index (Phi) is 5.11. The molecule has 1 heterocycles. The minimum absolute atomic E-state index is 0.136. The van der Waals surface area contributed by atoms with Gasteiger partial charge in [-0.1, -0.05) is 13.0 Å². The number of aliphatic carboxylic acids is 1. The Labute approximate surface area is 104 Å². The van der Waals surface area contributed by atoms with Crippen molar-refractivity contribution in [3.63, 3.8) is 0 Å². The van der Waals surface area contributed by atoms with E-state index >= 15 is 0 Å². The fourth-order valence-corrected chi connectivity index (χ4v) is 2.13. The lowest BCUT2D eigenvalue weighted by atomic mass is 10.1. The summed E-state index contributed by atoms with van der Waals surface area (Å²) in [5, 5.41) is 13.3. The number of rotatable bonds is 6. The minimum atomic E-state index is -0.950. The molecule has 0 saturated heterocycles. The monoisotopic (exact) mass is 256 g/mol. The summed E-state index contributed by atoms with van der Waals surface area (Å²) in [4.78, 5) is 23.2. The van der Waals surface area contributed by atoms with Gasteiger partial charge in [-0.15, -0.1) is 11.3 Å². The summed E-state index contributed by atoms with van der Waals surface area (Å²) in [7, 11) is 0. The van der Waals surface area contributed by atoms with Crippen molar-refractivity contribution in [2.45, 2.75) is 31.8 Å². The lowest BCUT2D eigenvalue weighted by Crippen LogP contribution is -2.42. The maximum absolute atomic E-state index is 11.6. The number of hydrogen-bond donors (Lipinski definition) is 3. The van der Waals surface area contributed by atoms with Gasteiger partial charge in [0.05, 0.1) is 18.5 Å². The van der Waals surface area contributed by atoms with Crippen molar-refractivity contribution in [3.05, 3.63) is 22.4 Å². The molecule has 17 heavy (non-hydrogen) atoms. The molecule has 0 aliphatic rings. The second-order valence-corrected chi connectivity index (χ2v) is 4.67. The van der Waals surface area contributed by atoms with Crippen LogP contribution in [0.15, 0.2) is 17.5 Å². The molecule has 1 rings (SSSR count). The number of thiophene rings is 1. The van der Waals surface area contributed by atoms with E-state index in [0.717, 1.165) is 4.88 Å². The van der Waals surface area contributed by atoms with Crippen LogP contribution in [0.25, 0.3) is 0 Å². The van der Waals surface area contributed by atoms with E-state index in [9.17, 15) is 9.59 Å². The molecule has 1 aromatic rings. The number of hydrogen-bond acceptors (Lipinski definition) is 4. The highest BCUT2D eigenvalue weighted by Gasteiger charge is 2.21. The molecule has 6 heteroatoms. The van der Waals surface area contributed by atoms with Crippen LogP contribution in [0.3, 0.4) is 0 Å². The lowest BCUT2D eigenvalue weighted by molar-refractivity contribution is -0.137. The second kappa shape index (κ2) is 6.36. The summed E-state index contributed by atoms with van der Waals surface area (Å²) in [6.07, 6.45) is 0.388. The Morgan fingerprint density at radius 1 is 1.59 bits per heavy atom. The summed E-state index contributed by atoms with van der Waals surface area (Å²) < 4.78 is 0. The van der Waals surface area contributed by atoms with Crippen LogP contribution in [0.4, 0.5) is 0 Å². The van der Waals surface area contributed by atoms with Gasteiger partial charge >= 0.3 is 5.97 Å². The van der Waals surface area contributed by atoms with Crippen LogP contribution in [-0.2, 0) is 9.59 Å². The topological polar surface area (TPSA) is 92.4 Å². The maximum Gasteiger partial charge on any atom is 0.305 e. The average molecular weight is 256 g/mol. The van der Waals surface area contributed by atoms with Crippen LogP contribution in [-0.4, -0.2) is 23.0 Å². The Hall–Kier alpha value is -1.40. The molecule has 2 unspecified atom stereocenters. The predicted octanol–water partition coefficient (Wildman–Crippen LogP) is 1.12. The molecule has 0 aliphatic heterocycles. The number of carbonyl (C=O) groups is 2. The van der Waals surface area contributed by atoms with Gasteiger partial charge < -0.3 is 16.2 Å². The largest absolute Gasteiger partial charge is 0.481 e. The Balaban J connectivity index is 2.71. The normalized spacial score (nSPS) is 14.0. The Morgan fingerprint density at radius 3 is 2.76 bits per heavy atom. The van der Waals surface area contributed by atoms with Gasteiger partial charge in [0.25, 0.3) is 0 Å². The summed E-state index contributed by atoms with van der Waals surface area (Å²) in [6, 6.07) is 2.53. The molecule has 94 valence electrons. The van der Waals surface area contributed by atoms with Gasteiger partial charge in [-0.3, -0.25) is 9.59 Å². The van der Waals surface area contributed by atoms with Crippen LogP contribution in [0.2, 0.25) is 0 Å². The third-order valence-corrected chi connectivity index (χ3v) is 3.34. The molecule has 0 aliphatic carbocycles. The zero-order valence-electron chi connectivity index (χ0n) is 9.55. The zero-order chi connectivity index (χ0) is 12.8. The van der Waals surface area contributed by atoms with Gasteiger partial charge in [0, 0.05) is 4.88 Å². The van der Waals surface area contributed by atoms with Crippen molar-refractivity contribution in [2.75, 3.05) is 0 Å². The van der Waals surface area contributed by atoms with Gasteiger partial charge in [0.15, 0.2) is 0 Å². The van der Waals surface area contributed by atoms with Gasteiger partial charge in [-0.05, 0) is 17.9 Å². The zero-order valence-corrected chi connectivity index (χ0v) is 10.4. The molecule has 1 amide bonds. The van der Waals surface area contributed by atoms with Crippen molar-refractivity contribution in [1.82, 2.24) is 5.32 Å². The molecule has 0 aromatic carbocycles. The molecule has 0 fully saturated rings. The van der Waals surface area contributed by atoms with Crippen LogP contribution in [0.5, 0.6) is 0 Å². The van der Waals surface area contributed by atoms with E-state index in [1.54, 1.807) is 6.07 Å². The van der Waals surface area contributed by atoms with Gasteiger partial charge in [-0.25, -0.2) is 0 Å². The predicted molar refractivity (Wildman–Crippen MR) is 65.7 cm³/mol. The van der Waals surface area contributed by atoms with Crippen molar-refractivity contribution in [1.29, 1.82) is 0 Å². The van der Waals surface area contributed by atoms with Crippen molar-refractivity contribution < 1.29 is 14.7 Å². The van der Waals surface area contributed by atoms with E-state index in [0.29, 0.717) is 6.42 Å². The van der Waals surface area contributed by atoms with E-state index < -0.39 is 18.1 Å². The van der Waals surface area contributed by atoms with Crippen LogP contribution < -0.4 is 11.1 Å². The first-order valence-corrected chi connectivity index (χ1v) is 6.23. The third-order valence-electron chi connectivity index (χ3n) is 2.36. The number of nitrogens with two attached hydrogens (primary N) is 1.